The van der Waals surface area contributed by atoms with E-state index in [1.165, 1.54) is 37.7 Å². The third-order valence-corrected chi connectivity index (χ3v) is 5.60. The zero-order valence-corrected chi connectivity index (χ0v) is 13.7. The summed E-state index contributed by atoms with van der Waals surface area (Å²) in [6, 6.07) is 8.68. The van der Waals surface area contributed by atoms with Gasteiger partial charge >= 0.3 is 0 Å². The first-order valence-electron chi connectivity index (χ1n) is 8.34. The van der Waals surface area contributed by atoms with Crippen LogP contribution in [-0.4, -0.2) is 18.7 Å². The Morgan fingerprint density at radius 1 is 1.29 bits per heavy atom. The topological polar surface area (TPSA) is 21.3 Å². The van der Waals surface area contributed by atoms with Gasteiger partial charge in [-0.25, -0.2) is 0 Å². The highest BCUT2D eigenvalue weighted by atomic mass is 35.5. The van der Waals surface area contributed by atoms with E-state index in [-0.39, 0.29) is 0 Å². The van der Waals surface area contributed by atoms with Crippen molar-refractivity contribution in [1.29, 1.82) is 0 Å². The Balaban J connectivity index is 1.62. The van der Waals surface area contributed by atoms with Crippen molar-refractivity contribution in [3.8, 4) is 0 Å². The van der Waals surface area contributed by atoms with Gasteiger partial charge in [0.15, 0.2) is 0 Å². The van der Waals surface area contributed by atoms with Crippen LogP contribution in [0.3, 0.4) is 0 Å². The van der Waals surface area contributed by atoms with E-state index in [1.807, 2.05) is 18.2 Å². The van der Waals surface area contributed by atoms with Crippen LogP contribution in [0.2, 0.25) is 5.02 Å². The van der Waals surface area contributed by atoms with E-state index < -0.39 is 0 Å². The van der Waals surface area contributed by atoms with Gasteiger partial charge in [-0.3, -0.25) is 0 Å². The van der Waals surface area contributed by atoms with E-state index in [2.05, 4.69) is 18.3 Å². The summed E-state index contributed by atoms with van der Waals surface area (Å²) in [5, 5.41) is 4.47. The summed E-state index contributed by atoms with van der Waals surface area (Å²) in [5.41, 5.74) is 1.58. The average Bonchev–Trinajstić information content (AvgIpc) is 2.51. The highest BCUT2D eigenvalue weighted by molar-refractivity contribution is 6.30. The Morgan fingerprint density at radius 3 is 2.81 bits per heavy atom. The molecule has 2 unspecified atom stereocenters. The lowest BCUT2D eigenvalue weighted by Crippen LogP contribution is -2.64. The molecule has 2 atom stereocenters. The molecule has 0 heterocycles. The van der Waals surface area contributed by atoms with Crippen LogP contribution in [0, 0.1) is 5.41 Å². The second-order valence-electron chi connectivity index (χ2n) is 6.57. The standard InChI is InChI=1S/C18H26ClNO/c1-2-20-16-12-17(18(16)9-4-3-5-10-18)21-13-14-7-6-8-15(19)11-14/h6-8,11,16-17,20H,2-5,9-10,12-13H2,1H3. The lowest BCUT2D eigenvalue weighted by Gasteiger charge is -2.58. The molecule has 3 heteroatoms. The van der Waals surface area contributed by atoms with Crippen LogP contribution in [-0.2, 0) is 11.3 Å². The van der Waals surface area contributed by atoms with Crippen LogP contribution >= 0.6 is 11.6 Å². The molecule has 1 N–H and O–H groups in total. The van der Waals surface area contributed by atoms with Crippen LogP contribution in [0.1, 0.15) is 51.0 Å². The average molecular weight is 308 g/mol. The molecule has 3 rings (SSSR count). The van der Waals surface area contributed by atoms with Crippen molar-refractivity contribution in [3.05, 3.63) is 34.9 Å². The SMILES string of the molecule is CCNC1CC(OCc2cccc(Cl)c2)C12CCCCC2. The molecule has 1 aromatic rings. The van der Waals surface area contributed by atoms with Gasteiger partial charge in [0, 0.05) is 16.5 Å². The molecule has 2 nitrogen and oxygen atoms in total. The minimum atomic E-state index is 0.396. The normalized spacial score (nSPS) is 27.5. The van der Waals surface area contributed by atoms with Crippen molar-refractivity contribution in [2.24, 2.45) is 5.41 Å². The van der Waals surface area contributed by atoms with Crippen molar-refractivity contribution in [1.82, 2.24) is 5.32 Å². The summed E-state index contributed by atoms with van der Waals surface area (Å²) in [5.74, 6) is 0. The maximum absolute atomic E-state index is 6.29. The second kappa shape index (κ2) is 6.68. The fourth-order valence-electron chi connectivity index (χ4n) is 4.22. The van der Waals surface area contributed by atoms with Gasteiger partial charge in [0.1, 0.15) is 0 Å². The van der Waals surface area contributed by atoms with Gasteiger partial charge < -0.3 is 10.1 Å². The van der Waals surface area contributed by atoms with Crippen LogP contribution in [0.5, 0.6) is 0 Å². The van der Waals surface area contributed by atoms with Crippen LogP contribution in [0.4, 0.5) is 0 Å². The Morgan fingerprint density at radius 2 is 2.10 bits per heavy atom. The van der Waals surface area contributed by atoms with Gasteiger partial charge in [-0.15, -0.1) is 0 Å². The largest absolute Gasteiger partial charge is 0.373 e. The summed E-state index contributed by atoms with van der Waals surface area (Å²) in [7, 11) is 0. The first-order chi connectivity index (χ1) is 10.2. The molecule has 0 aliphatic heterocycles. The van der Waals surface area contributed by atoms with Crippen molar-refractivity contribution in [2.45, 2.75) is 64.2 Å². The Hall–Kier alpha value is -0.570. The molecule has 116 valence electrons. The third-order valence-electron chi connectivity index (χ3n) is 5.36. The fourth-order valence-corrected chi connectivity index (χ4v) is 4.43. The first kappa shape index (κ1) is 15.3. The maximum atomic E-state index is 6.29. The van der Waals surface area contributed by atoms with Gasteiger partial charge in [-0.2, -0.15) is 0 Å². The van der Waals surface area contributed by atoms with Gasteiger partial charge in [-0.05, 0) is 43.5 Å². The first-order valence-corrected chi connectivity index (χ1v) is 8.72. The van der Waals surface area contributed by atoms with Crippen LogP contribution < -0.4 is 5.32 Å². The molecule has 21 heavy (non-hydrogen) atoms. The van der Waals surface area contributed by atoms with E-state index in [4.69, 9.17) is 16.3 Å². The van der Waals surface area contributed by atoms with Crippen molar-refractivity contribution in [3.63, 3.8) is 0 Å². The summed E-state index contributed by atoms with van der Waals surface area (Å²) in [6.45, 7) is 3.95. The van der Waals surface area contributed by atoms with E-state index in [9.17, 15) is 0 Å². The Labute approximate surface area is 133 Å². The summed E-state index contributed by atoms with van der Waals surface area (Å²) < 4.78 is 6.29. The number of rotatable bonds is 5. The summed E-state index contributed by atoms with van der Waals surface area (Å²) in [6.07, 6.45) is 8.34. The molecule has 2 aliphatic rings. The highest BCUT2D eigenvalue weighted by Crippen LogP contribution is 2.53. The van der Waals surface area contributed by atoms with E-state index >= 15 is 0 Å². The molecular formula is C18H26ClNO. The number of ether oxygens (including phenoxy) is 1. The minimum absolute atomic E-state index is 0.396. The molecule has 0 bridgehead atoms. The van der Waals surface area contributed by atoms with Gasteiger partial charge in [-0.1, -0.05) is 49.9 Å². The molecule has 1 aromatic carbocycles. The van der Waals surface area contributed by atoms with E-state index in [0.717, 1.165) is 18.0 Å². The molecule has 0 amide bonds. The lowest BCUT2D eigenvalue weighted by molar-refractivity contribution is -0.158. The molecule has 0 saturated heterocycles. The number of nitrogens with one attached hydrogen (secondary N) is 1. The van der Waals surface area contributed by atoms with Crippen molar-refractivity contribution < 1.29 is 4.74 Å². The fraction of sp³-hybridized carbons (Fsp3) is 0.667. The minimum Gasteiger partial charge on any atom is -0.373 e. The van der Waals surface area contributed by atoms with E-state index in [1.54, 1.807) is 0 Å². The zero-order valence-electron chi connectivity index (χ0n) is 12.9. The maximum Gasteiger partial charge on any atom is 0.0721 e. The Kier molecular flexibility index (Phi) is 4.88. The molecule has 2 saturated carbocycles. The monoisotopic (exact) mass is 307 g/mol. The molecule has 2 fully saturated rings. The summed E-state index contributed by atoms with van der Waals surface area (Å²) in [4.78, 5) is 0. The second-order valence-corrected chi connectivity index (χ2v) is 7.01. The number of hydrogen-bond acceptors (Lipinski definition) is 2. The molecule has 1 spiro atoms. The molecule has 2 aliphatic carbocycles. The molecular weight excluding hydrogens is 282 g/mol. The zero-order chi connectivity index (χ0) is 14.7. The van der Waals surface area contributed by atoms with Crippen LogP contribution in [0.15, 0.2) is 24.3 Å². The number of benzene rings is 1. The highest BCUT2D eigenvalue weighted by Gasteiger charge is 2.55. The smallest absolute Gasteiger partial charge is 0.0721 e. The third kappa shape index (κ3) is 3.13. The molecule has 0 radical (unpaired) electrons. The van der Waals surface area contributed by atoms with Gasteiger partial charge in [0.25, 0.3) is 0 Å². The lowest BCUT2D eigenvalue weighted by atomic mass is 9.55. The van der Waals surface area contributed by atoms with Crippen molar-refractivity contribution >= 4 is 11.6 Å². The van der Waals surface area contributed by atoms with Gasteiger partial charge in [0.2, 0.25) is 0 Å². The quantitative estimate of drug-likeness (QED) is 0.861. The molecule has 0 aromatic heterocycles. The Bertz CT molecular complexity index is 470. The van der Waals surface area contributed by atoms with E-state index in [0.29, 0.717) is 24.2 Å². The predicted octanol–water partition coefficient (Wildman–Crippen LogP) is 4.56. The van der Waals surface area contributed by atoms with Crippen molar-refractivity contribution in [2.75, 3.05) is 6.54 Å². The number of halogens is 1. The number of hydrogen-bond donors (Lipinski definition) is 1. The summed E-state index contributed by atoms with van der Waals surface area (Å²) >= 11 is 6.05. The van der Waals surface area contributed by atoms with Crippen LogP contribution in [0.25, 0.3) is 0 Å². The predicted molar refractivity (Wildman–Crippen MR) is 87.6 cm³/mol. The van der Waals surface area contributed by atoms with Gasteiger partial charge in [0.05, 0.1) is 12.7 Å².